The van der Waals surface area contributed by atoms with Gasteiger partial charge in [0, 0.05) is 12.6 Å². The van der Waals surface area contributed by atoms with Crippen LogP contribution in [0.1, 0.15) is 5.69 Å². The topological polar surface area (TPSA) is 86.5 Å². The van der Waals surface area contributed by atoms with E-state index in [-0.39, 0.29) is 6.42 Å². The van der Waals surface area contributed by atoms with Crippen LogP contribution in [-0.2, 0) is 6.42 Å². The fourth-order valence-electron chi connectivity index (χ4n) is 2.31. The number of nitrogens with zero attached hydrogens (tertiary/aromatic N) is 2. The van der Waals surface area contributed by atoms with Crippen molar-refractivity contribution in [3.63, 3.8) is 0 Å². The molecule has 0 aliphatic heterocycles. The van der Waals surface area contributed by atoms with Gasteiger partial charge in [-0.25, -0.2) is 4.98 Å². The Balaban J connectivity index is 1.97. The lowest BCUT2D eigenvalue weighted by Gasteiger charge is -2.14. The van der Waals surface area contributed by atoms with Crippen molar-refractivity contribution in [1.29, 1.82) is 0 Å². The van der Waals surface area contributed by atoms with Crippen LogP contribution in [0.5, 0.6) is 0 Å². The molecule has 0 fully saturated rings. The number of aliphatic hydroxyl groups excluding tert-OH is 3. The van der Waals surface area contributed by atoms with Crippen molar-refractivity contribution in [3.8, 4) is 0 Å². The van der Waals surface area contributed by atoms with Crippen LogP contribution in [0.3, 0.4) is 0 Å². The molecule has 0 bridgehead atoms. The lowest BCUT2D eigenvalue weighted by molar-refractivity contribution is -0.0136. The van der Waals surface area contributed by atoms with Gasteiger partial charge in [0.2, 0.25) is 0 Å². The van der Waals surface area contributed by atoms with Crippen LogP contribution in [0.15, 0.2) is 42.6 Å². The predicted octanol–water partition coefficient (Wildman–Crippen LogP) is 1.04. The van der Waals surface area contributed by atoms with Crippen molar-refractivity contribution in [2.45, 2.75) is 18.6 Å². The highest BCUT2D eigenvalue weighted by Gasteiger charge is 2.16. The standard InChI is InChI=1S/C16H16N2O3/c19-9-16(21)15(20)7-12-8-17-13-5-10-3-1-2-4-11(10)6-14(13)18-12/h1-6,8,15-16,19-21H,7,9H2. The summed E-state index contributed by atoms with van der Waals surface area (Å²) in [6.45, 7) is -0.479. The van der Waals surface area contributed by atoms with E-state index >= 15 is 0 Å². The van der Waals surface area contributed by atoms with Gasteiger partial charge in [0.1, 0.15) is 6.10 Å². The SMILES string of the molecule is OCC(O)C(O)Cc1cnc2cc3ccccc3cc2n1. The summed E-state index contributed by atoms with van der Waals surface area (Å²) in [7, 11) is 0. The fourth-order valence-corrected chi connectivity index (χ4v) is 2.31. The third kappa shape index (κ3) is 2.85. The summed E-state index contributed by atoms with van der Waals surface area (Å²) in [5.41, 5.74) is 2.12. The molecule has 5 heteroatoms. The Morgan fingerprint density at radius 1 is 0.952 bits per heavy atom. The molecular weight excluding hydrogens is 268 g/mol. The largest absolute Gasteiger partial charge is 0.394 e. The van der Waals surface area contributed by atoms with Crippen LogP contribution in [0.4, 0.5) is 0 Å². The van der Waals surface area contributed by atoms with Gasteiger partial charge in [-0.3, -0.25) is 4.98 Å². The lowest BCUT2D eigenvalue weighted by atomic mass is 10.1. The molecule has 108 valence electrons. The van der Waals surface area contributed by atoms with Crippen molar-refractivity contribution >= 4 is 21.8 Å². The average molecular weight is 284 g/mol. The van der Waals surface area contributed by atoms with Crippen LogP contribution in [0.25, 0.3) is 21.8 Å². The first-order valence-corrected chi connectivity index (χ1v) is 6.79. The Kier molecular flexibility index (Phi) is 3.79. The third-order valence-corrected chi connectivity index (χ3v) is 3.51. The van der Waals surface area contributed by atoms with Crippen LogP contribution in [-0.4, -0.2) is 44.1 Å². The zero-order valence-corrected chi connectivity index (χ0v) is 11.3. The number of rotatable bonds is 4. The lowest BCUT2D eigenvalue weighted by Crippen LogP contribution is -2.31. The van der Waals surface area contributed by atoms with E-state index in [0.29, 0.717) is 5.69 Å². The highest BCUT2D eigenvalue weighted by Crippen LogP contribution is 2.20. The van der Waals surface area contributed by atoms with E-state index in [9.17, 15) is 10.2 Å². The van der Waals surface area contributed by atoms with Gasteiger partial charge in [-0.05, 0) is 22.9 Å². The van der Waals surface area contributed by atoms with Crippen LogP contribution in [0.2, 0.25) is 0 Å². The molecule has 3 rings (SSSR count). The van der Waals surface area contributed by atoms with Crippen molar-refractivity contribution < 1.29 is 15.3 Å². The zero-order chi connectivity index (χ0) is 14.8. The first kappa shape index (κ1) is 13.9. The first-order chi connectivity index (χ1) is 10.2. The highest BCUT2D eigenvalue weighted by atomic mass is 16.4. The van der Waals surface area contributed by atoms with E-state index in [1.807, 2.05) is 36.4 Å². The maximum Gasteiger partial charge on any atom is 0.103 e. The minimum absolute atomic E-state index is 0.150. The van der Waals surface area contributed by atoms with Crippen LogP contribution < -0.4 is 0 Å². The van der Waals surface area contributed by atoms with Gasteiger partial charge in [0.25, 0.3) is 0 Å². The molecule has 1 heterocycles. The van der Waals surface area contributed by atoms with Crippen LogP contribution >= 0.6 is 0 Å². The second kappa shape index (κ2) is 5.73. The maximum absolute atomic E-state index is 9.74. The van der Waals surface area contributed by atoms with Crippen molar-refractivity contribution in [2.24, 2.45) is 0 Å². The molecule has 21 heavy (non-hydrogen) atoms. The molecule has 0 saturated carbocycles. The smallest absolute Gasteiger partial charge is 0.103 e. The first-order valence-electron chi connectivity index (χ1n) is 6.79. The number of fused-ring (bicyclic) bond motifs is 2. The Hall–Kier alpha value is -2.08. The average Bonchev–Trinajstić information content (AvgIpc) is 2.52. The summed E-state index contributed by atoms with van der Waals surface area (Å²) in [4.78, 5) is 8.82. The molecule has 2 unspecified atom stereocenters. The molecule has 2 atom stereocenters. The third-order valence-electron chi connectivity index (χ3n) is 3.51. The second-order valence-corrected chi connectivity index (χ2v) is 5.07. The number of benzene rings is 2. The predicted molar refractivity (Wildman–Crippen MR) is 79.8 cm³/mol. The fraction of sp³-hybridized carbons (Fsp3) is 0.250. The quantitative estimate of drug-likeness (QED) is 0.623. The minimum atomic E-state index is -1.17. The van der Waals surface area contributed by atoms with Crippen molar-refractivity contribution in [1.82, 2.24) is 9.97 Å². The van der Waals surface area contributed by atoms with E-state index in [1.165, 1.54) is 0 Å². The number of aromatic nitrogens is 2. The van der Waals surface area contributed by atoms with Gasteiger partial charge in [-0.15, -0.1) is 0 Å². The summed E-state index contributed by atoms with van der Waals surface area (Å²) in [6.07, 6.45) is -0.483. The molecule has 3 aromatic rings. The monoisotopic (exact) mass is 284 g/mol. The van der Waals surface area contributed by atoms with E-state index in [1.54, 1.807) is 6.20 Å². The molecule has 3 N–H and O–H groups in total. The van der Waals surface area contributed by atoms with Gasteiger partial charge in [-0.2, -0.15) is 0 Å². The Bertz CT molecular complexity index is 776. The van der Waals surface area contributed by atoms with Gasteiger partial charge < -0.3 is 15.3 Å². The Morgan fingerprint density at radius 2 is 1.62 bits per heavy atom. The number of hydrogen-bond donors (Lipinski definition) is 3. The molecule has 0 saturated heterocycles. The molecule has 0 spiro atoms. The van der Waals surface area contributed by atoms with Gasteiger partial charge in [0.15, 0.2) is 0 Å². The minimum Gasteiger partial charge on any atom is -0.394 e. The van der Waals surface area contributed by atoms with Gasteiger partial charge in [-0.1, -0.05) is 24.3 Å². The molecule has 2 aromatic carbocycles. The molecule has 0 radical (unpaired) electrons. The zero-order valence-electron chi connectivity index (χ0n) is 11.3. The molecule has 1 aromatic heterocycles. The van der Waals surface area contributed by atoms with Gasteiger partial charge in [0.05, 0.1) is 29.4 Å². The normalized spacial score (nSPS) is 14.4. The summed E-state index contributed by atoms with van der Waals surface area (Å²) in [6, 6.07) is 11.9. The van der Waals surface area contributed by atoms with E-state index in [4.69, 9.17) is 5.11 Å². The highest BCUT2D eigenvalue weighted by molar-refractivity contribution is 5.94. The number of hydrogen-bond acceptors (Lipinski definition) is 5. The van der Waals surface area contributed by atoms with E-state index in [0.717, 1.165) is 21.8 Å². The van der Waals surface area contributed by atoms with Gasteiger partial charge >= 0.3 is 0 Å². The molecule has 0 amide bonds. The van der Waals surface area contributed by atoms with E-state index < -0.39 is 18.8 Å². The maximum atomic E-state index is 9.74. The molecule has 0 aliphatic carbocycles. The molecular formula is C16H16N2O3. The molecule has 5 nitrogen and oxygen atoms in total. The van der Waals surface area contributed by atoms with Crippen LogP contribution in [0, 0.1) is 0 Å². The van der Waals surface area contributed by atoms with Crippen molar-refractivity contribution in [2.75, 3.05) is 6.61 Å². The summed E-state index contributed by atoms with van der Waals surface area (Å²) < 4.78 is 0. The molecule has 0 aliphatic rings. The Labute approximate surface area is 121 Å². The summed E-state index contributed by atoms with van der Waals surface area (Å²) in [5, 5.41) is 30.1. The van der Waals surface area contributed by atoms with Crippen molar-refractivity contribution in [3.05, 3.63) is 48.3 Å². The number of aliphatic hydroxyl groups is 3. The Morgan fingerprint density at radius 3 is 2.29 bits per heavy atom. The summed E-state index contributed by atoms with van der Waals surface area (Å²) >= 11 is 0. The summed E-state index contributed by atoms with van der Waals surface area (Å²) in [5.74, 6) is 0. The van der Waals surface area contributed by atoms with E-state index in [2.05, 4.69) is 9.97 Å². The second-order valence-electron chi connectivity index (χ2n) is 5.07.